The molecule has 0 spiro atoms. The third-order valence-corrected chi connectivity index (χ3v) is 5.84. The van der Waals surface area contributed by atoms with Crippen LogP contribution in [0.1, 0.15) is 19.3 Å². The first kappa shape index (κ1) is 15.3. The van der Waals surface area contributed by atoms with E-state index >= 15 is 0 Å². The van der Waals surface area contributed by atoms with Crippen molar-refractivity contribution in [3.63, 3.8) is 0 Å². The van der Waals surface area contributed by atoms with Gasteiger partial charge in [0.2, 0.25) is 10.0 Å². The molecule has 1 saturated carbocycles. The van der Waals surface area contributed by atoms with Crippen LogP contribution in [0.15, 0.2) is 23.1 Å². The van der Waals surface area contributed by atoms with Crippen molar-refractivity contribution < 1.29 is 17.2 Å². The molecule has 0 bridgehead atoms. The van der Waals surface area contributed by atoms with Crippen molar-refractivity contribution in [2.24, 2.45) is 11.7 Å². The van der Waals surface area contributed by atoms with E-state index < -0.39 is 26.6 Å². The molecule has 7 heteroatoms. The lowest BCUT2D eigenvalue weighted by molar-refractivity contribution is 0.303. The molecule has 20 heavy (non-hydrogen) atoms. The van der Waals surface area contributed by atoms with Crippen LogP contribution in [0.4, 0.5) is 8.78 Å². The normalized spacial score (nSPS) is 23.4. The Kier molecular flexibility index (Phi) is 4.41. The third-order valence-electron chi connectivity index (χ3n) is 3.94. The molecule has 0 radical (unpaired) electrons. The number of benzene rings is 1. The molecule has 2 unspecified atom stereocenters. The second-order valence-corrected chi connectivity index (χ2v) is 7.06. The van der Waals surface area contributed by atoms with E-state index in [4.69, 9.17) is 5.73 Å². The van der Waals surface area contributed by atoms with Gasteiger partial charge >= 0.3 is 0 Å². The molecular formula is C13H18F2N2O2S. The van der Waals surface area contributed by atoms with Crippen LogP contribution in [0.3, 0.4) is 0 Å². The fourth-order valence-corrected chi connectivity index (χ4v) is 4.30. The zero-order valence-electron chi connectivity index (χ0n) is 11.2. The van der Waals surface area contributed by atoms with E-state index in [-0.39, 0.29) is 12.0 Å². The van der Waals surface area contributed by atoms with Crippen molar-refractivity contribution in [1.29, 1.82) is 0 Å². The van der Waals surface area contributed by atoms with Gasteiger partial charge in [-0.1, -0.05) is 6.42 Å². The Morgan fingerprint density at radius 2 is 2.05 bits per heavy atom. The van der Waals surface area contributed by atoms with Gasteiger partial charge in [-0.15, -0.1) is 0 Å². The van der Waals surface area contributed by atoms with E-state index in [1.165, 1.54) is 7.05 Å². The molecule has 112 valence electrons. The topological polar surface area (TPSA) is 63.4 Å². The van der Waals surface area contributed by atoms with E-state index in [1.807, 2.05) is 0 Å². The zero-order valence-corrected chi connectivity index (χ0v) is 12.0. The predicted octanol–water partition coefficient (Wildman–Crippen LogP) is 1.71. The first-order chi connectivity index (χ1) is 9.37. The molecule has 0 saturated heterocycles. The van der Waals surface area contributed by atoms with E-state index in [9.17, 15) is 17.2 Å². The summed E-state index contributed by atoms with van der Waals surface area (Å²) in [6, 6.07) is 2.18. The molecular weight excluding hydrogens is 286 g/mol. The Hall–Kier alpha value is -1.05. The highest BCUT2D eigenvalue weighted by atomic mass is 32.2. The summed E-state index contributed by atoms with van der Waals surface area (Å²) in [6.07, 6.45) is 2.43. The number of halogens is 2. The van der Waals surface area contributed by atoms with Crippen molar-refractivity contribution in [3.8, 4) is 0 Å². The fraction of sp³-hybridized carbons (Fsp3) is 0.538. The van der Waals surface area contributed by atoms with Gasteiger partial charge in [0.05, 0.1) is 0 Å². The van der Waals surface area contributed by atoms with Gasteiger partial charge in [-0.25, -0.2) is 17.2 Å². The lowest BCUT2D eigenvalue weighted by Gasteiger charge is -2.28. The second kappa shape index (κ2) is 5.75. The molecule has 1 aromatic carbocycles. The Morgan fingerprint density at radius 3 is 2.70 bits per heavy atom. The molecule has 0 aromatic heterocycles. The monoisotopic (exact) mass is 304 g/mol. The average molecular weight is 304 g/mol. The van der Waals surface area contributed by atoms with Gasteiger partial charge in [0.25, 0.3) is 0 Å². The maximum atomic E-state index is 13.7. The summed E-state index contributed by atoms with van der Waals surface area (Å²) in [5.74, 6) is -1.66. The summed E-state index contributed by atoms with van der Waals surface area (Å²) in [7, 11) is -2.65. The highest BCUT2D eigenvalue weighted by Gasteiger charge is 2.37. The van der Waals surface area contributed by atoms with E-state index in [0.717, 1.165) is 29.3 Å². The molecule has 2 rings (SSSR count). The summed E-state index contributed by atoms with van der Waals surface area (Å²) in [4.78, 5) is -0.623. The van der Waals surface area contributed by atoms with Crippen molar-refractivity contribution in [1.82, 2.24) is 4.31 Å². The smallest absolute Gasteiger partial charge is 0.246 e. The van der Waals surface area contributed by atoms with Crippen LogP contribution in [-0.2, 0) is 10.0 Å². The van der Waals surface area contributed by atoms with Crippen molar-refractivity contribution in [3.05, 3.63) is 29.8 Å². The van der Waals surface area contributed by atoms with Crippen LogP contribution in [0, 0.1) is 17.6 Å². The SMILES string of the molecule is CN(C1CCCC1CN)S(=O)(=O)c1cc(F)ccc1F. The molecule has 0 aliphatic heterocycles. The second-order valence-electron chi connectivity index (χ2n) is 5.09. The highest BCUT2D eigenvalue weighted by Crippen LogP contribution is 2.32. The average Bonchev–Trinajstić information content (AvgIpc) is 2.88. The minimum Gasteiger partial charge on any atom is -0.330 e. The summed E-state index contributed by atoms with van der Waals surface area (Å²) >= 11 is 0. The molecule has 1 fully saturated rings. The molecule has 0 amide bonds. The van der Waals surface area contributed by atoms with Crippen LogP contribution in [0.25, 0.3) is 0 Å². The van der Waals surface area contributed by atoms with Crippen LogP contribution < -0.4 is 5.73 Å². The quantitative estimate of drug-likeness (QED) is 0.921. The number of hydrogen-bond acceptors (Lipinski definition) is 3. The van der Waals surface area contributed by atoms with Crippen LogP contribution in [0.5, 0.6) is 0 Å². The summed E-state index contributed by atoms with van der Waals surface area (Å²) in [5.41, 5.74) is 5.64. The molecule has 2 atom stereocenters. The van der Waals surface area contributed by atoms with Gasteiger partial charge in [0, 0.05) is 13.1 Å². The Morgan fingerprint density at radius 1 is 1.35 bits per heavy atom. The largest absolute Gasteiger partial charge is 0.330 e. The lowest BCUT2D eigenvalue weighted by Crippen LogP contribution is -2.41. The Balaban J connectivity index is 2.37. The molecule has 0 heterocycles. The number of nitrogens with zero attached hydrogens (tertiary/aromatic N) is 1. The molecule has 1 aliphatic rings. The minimum absolute atomic E-state index is 0.0615. The lowest BCUT2D eigenvalue weighted by atomic mass is 10.0. The highest BCUT2D eigenvalue weighted by molar-refractivity contribution is 7.89. The summed E-state index contributed by atoms with van der Waals surface area (Å²) in [5, 5.41) is 0. The van der Waals surface area contributed by atoms with E-state index in [2.05, 4.69) is 0 Å². The standard InChI is InChI=1S/C13H18F2N2O2S/c1-17(12-4-2-3-9(12)8-16)20(18,19)13-7-10(14)5-6-11(13)15/h5-7,9,12H,2-4,8,16H2,1H3. The Labute approximate surface area is 117 Å². The number of nitrogens with two attached hydrogens (primary N) is 1. The fourth-order valence-electron chi connectivity index (χ4n) is 2.78. The molecule has 2 N–H and O–H groups in total. The number of hydrogen-bond donors (Lipinski definition) is 1. The van der Waals surface area contributed by atoms with Crippen molar-refractivity contribution in [2.45, 2.75) is 30.2 Å². The molecule has 4 nitrogen and oxygen atoms in total. The van der Waals surface area contributed by atoms with Gasteiger partial charge < -0.3 is 5.73 Å². The first-order valence-electron chi connectivity index (χ1n) is 6.51. The predicted molar refractivity (Wildman–Crippen MR) is 71.5 cm³/mol. The minimum atomic E-state index is -4.06. The van der Waals surface area contributed by atoms with Gasteiger partial charge in [0.1, 0.15) is 16.5 Å². The Bertz CT molecular complexity index is 592. The number of rotatable bonds is 4. The van der Waals surface area contributed by atoms with Crippen molar-refractivity contribution >= 4 is 10.0 Å². The first-order valence-corrected chi connectivity index (χ1v) is 7.95. The van der Waals surface area contributed by atoms with Gasteiger partial charge in [0.15, 0.2) is 0 Å². The van der Waals surface area contributed by atoms with Crippen LogP contribution in [-0.4, -0.2) is 32.4 Å². The maximum Gasteiger partial charge on any atom is 0.246 e. The van der Waals surface area contributed by atoms with Crippen molar-refractivity contribution in [2.75, 3.05) is 13.6 Å². The van der Waals surface area contributed by atoms with Gasteiger partial charge in [-0.05, 0) is 43.5 Å². The number of sulfonamides is 1. The maximum absolute atomic E-state index is 13.7. The third kappa shape index (κ3) is 2.70. The van der Waals surface area contributed by atoms with Gasteiger partial charge in [-0.3, -0.25) is 0 Å². The van der Waals surface area contributed by atoms with Crippen LogP contribution >= 0.6 is 0 Å². The van der Waals surface area contributed by atoms with Gasteiger partial charge in [-0.2, -0.15) is 4.31 Å². The summed E-state index contributed by atoms with van der Waals surface area (Å²) < 4.78 is 52.9. The van der Waals surface area contributed by atoms with E-state index in [1.54, 1.807) is 0 Å². The summed E-state index contributed by atoms with van der Waals surface area (Å²) in [6.45, 7) is 0.385. The van der Waals surface area contributed by atoms with E-state index in [0.29, 0.717) is 19.0 Å². The van der Waals surface area contributed by atoms with Crippen LogP contribution in [0.2, 0.25) is 0 Å². The molecule has 1 aliphatic carbocycles. The zero-order chi connectivity index (χ0) is 14.9. The molecule has 1 aromatic rings.